The maximum Gasteiger partial charge on any atom is 0.391 e. The Morgan fingerprint density at radius 1 is 1.10 bits per heavy atom. The molecule has 0 saturated heterocycles. The second kappa shape index (κ2) is 4.77. The molecule has 0 bridgehead atoms. The number of rotatable bonds is 2. The predicted molar refractivity (Wildman–Crippen MR) is 65.2 cm³/mol. The monoisotopic (exact) mass is 284 g/mol. The Morgan fingerprint density at radius 3 is 2.20 bits per heavy atom. The molecule has 0 fully saturated rings. The van der Waals surface area contributed by atoms with Gasteiger partial charge < -0.3 is 5.11 Å². The number of aliphatic hydroxyl groups is 1. The zero-order chi connectivity index (χ0) is 15.1. The van der Waals surface area contributed by atoms with Gasteiger partial charge in [-0.15, -0.1) is 0 Å². The molecule has 1 unspecified atom stereocenters. The van der Waals surface area contributed by atoms with Crippen LogP contribution in [0.1, 0.15) is 29.3 Å². The van der Waals surface area contributed by atoms with E-state index in [1.165, 1.54) is 24.3 Å². The SMILES string of the molecule is CC(CC1=C(O)c2ccccc2C(=O)C1=O)C(F)(F)F. The highest BCUT2D eigenvalue weighted by Gasteiger charge is 2.40. The van der Waals surface area contributed by atoms with Crippen LogP contribution in [0.2, 0.25) is 0 Å². The second-order valence-corrected chi connectivity index (χ2v) is 4.68. The molecule has 1 aromatic rings. The molecule has 1 aromatic carbocycles. The minimum atomic E-state index is -4.49. The minimum absolute atomic E-state index is 0.0124. The number of aliphatic hydroxyl groups excluding tert-OH is 1. The summed E-state index contributed by atoms with van der Waals surface area (Å²) >= 11 is 0. The van der Waals surface area contributed by atoms with E-state index < -0.39 is 41.4 Å². The zero-order valence-electron chi connectivity index (χ0n) is 10.5. The summed E-state index contributed by atoms with van der Waals surface area (Å²) in [7, 11) is 0. The Balaban J connectivity index is 2.47. The third-order valence-electron chi connectivity index (χ3n) is 3.26. The molecule has 20 heavy (non-hydrogen) atoms. The van der Waals surface area contributed by atoms with Crippen LogP contribution in [0.4, 0.5) is 13.2 Å². The summed E-state index contributed by atoms with van der Waals surface area (Å²) in [6, 6.07) is 5.80. The van der Waals surface area contributed by atoms with Crippen molar-refractivity contribution in [2.24, 2.45) is 5.92 Å². The Labute approximate surface area is 112 Å². The van der Waals surface area contributed by atoms with Crippen molar-refractivity contribution in [3.63, 3.8) is 0 Å². The Morgan fingerprint density at radius 2 is 1.65 bits per heavy atom. The lowest BCUT2D eigenvalue weighted by Gasteiger charge is -2.21. The molecule has 1 aliphatic rings. The van der Waals surface area contributed by atoms with Crippen LogP contribution in [0, 0.1) is 5.92 Å². The average molecular weight is 284 g/mol. The normalized spacial score (nSPS) is 17.2. The van der Waals surface area contributed by atoms with Crippen molar-refractivity contribution in [2.45, 2.75) is 19.5 Å². The number of alkyl halides is 3. The van der Waals surface area contributed by atoms with Gasteiger partial charge in [0, 0.05) is 16.7 Å². The van der Waals surface area contributed by atoms with Crippen molar-refractivity contribution in [1.82, 2.24) is 0 Å². The van der Waals surface area contributed by atoms with E-state index in [9.17, 15) is 27.9 Å². The number of benzene rings is 1. The van der Waals surface area contributed by atoms with E-state index in [-0.39, 0.29) is 11.1 Å². The summed E-state index contributed by atoms with van der Waals surface area (Å²) in [4.78, 5) is 23.7. The summed E-state index contributed by atoms with van der Waals surface area (Å²) in [5.74, 6) is -4.32. The van der Waals surface area contributed by atoms with Crippen LogP contribution in [0.25, 0.3) is 5.76 Å². The fraction of sp³-hybridized carbons (Fsp3) is 0.286. The molecular formula is C14H11F3O3. The molecule has 2 rings (SSSR count). The van der Waals surface area contributed by atoms with E-state index in [4.69, 9.17) is 0 Å². The van der Waals surface area contributed by atoms with Gasteiger partial charge in [-0.05, 0) is 6.42 Å². The minimum Gasteiger partial charge on any atom is -0.507 e. The summed E-state index contributed by atoms with van der Waals surface area (Å²) in [6.07, 6.45) is -5.21. The topological polar surface area (TPSA) is 54.4 Å². The van der Waals surface area contributed by atoms with Gasteiger partial charge in [-0.1, -0.05) is 31.2 Å². The summed E-state index contributed by atoms with van der Waals surface area (Å²) in [5, 5.41) is 9.96. The van der Waals surface area contributed by atoms with E-state index in [1.54, 1.807) is 0 Å². The van der Waals surface area contributed by atoms with Crippen molar-refractivity contribution in [3.8, 4) is 0 Å². The third kappa shape index (κ3) is 2.33. The van der Waals surface area contributed by atoms with Gasteiger partial charge in [0.25, 0.3) is 0 Å². The van der Waals surface area contributed by atoms with Gasteiger partial charge in [0.1, 0.15) is 5.76 Å². The lowest BCUT2D eigenvalue weighted by Crippen LogP contribution is -2.28. The number of carbonyl (C=O) groups excluding carboxylic acids is 2. The molecule has 0 saturated carbocycles. The van der Waals surface area contributed by atoms with Crippen LogP contribution in [0.3, 0.4) is 0 Å². The number of Topliss-reactive ketones (excluding diaryl/α,β-unsaturated/α-hetero) is 2. The molecule has 106 valence electrons. The Kier molecular flexibility index (Phi) is 3.41. The predicted octanol–water partition coefficient (Wildman–Crippen LogP) is 3.31. The molecule has 1 atom stereocenters. The van der Waals surface area contributed by atoms with Gasteiger partial charge in [-0.2, -0.15) is 13.2 Å². The summed E-state index contributed by atoms with van der Waals surface area (Å²) in [5.41, 5.74) is -0.363. The molecule has 1 aliphatic carbocycles. The van der Waals surface area contributed by atoms with Crippen LogP contribution < -0.4 is 0 Å². The van der Waals surface area contributed by atoms with Crippen molar-refractivity contribution in [2.75, 3.05) is 0 Å². The van der Waals surface area contributed by atoms with Crippen LogP contribution >= 0.6 is 0 Å². The molecule has 6 heteroatoms. The number of allylic oxidation sites excluding steroid dienone is 1. The maximum atomic E-state index is 12.6. The molecule has 1 N–H and O–H groups in total. The second-order valence-electron chi connectivity index (χ2n) is 4.68. The first-order chi connectivity index (χ1) is 9.23. The van der Waals surface area contributed by atoms with Crippen LogP contribution in [0.5, 0.6) is 0 Å². The molecule has 0 aromatic heterocycles. The zero-order valence-corrected chi connectivity index (χ0v) is 10.5. The number of fused-ring (bicyclic) bond motifs is 1. The van der Waals surface area contributed by atoms with Crippen molar-refractivity contribution < 1.29 is 27.9 Å². The average Bonchev–Trinajstić information content (AvgIpc) is 2.39. The number of ketones is 2. The highest BCUT2D eigenvalue weighted by Crippen LogP contribution is 2.36. The fourth-order valence-corrected chi connectivity index (χ4v) is 2.03. The molecular weight excluding hydrogens is 273 g/mol. The van der Waals surface area contributed by atoms with E-state index in [0.29, 0.717) is 0 Å². The van der Waals surface area contributed by atoms with E-state index in [2.05, 4.69) is 0 Å². The summed E-state index contributed by atoms with van der Waals surface area (Å²) in [6.45, 7) is 0.901. The Hall–Kier alpha value is -2.11. The first-order valence-corrected chi connectivity index (χ1v) is 5.90. The number of halogens is 3. The molecule has 0 amide bonds. The molecule has 0 spiro atoms. The highest BCUT2D eigenvalue weighted by molar-refractivity contribution is 6.52. The molecule has 0 radical (unpaired) electrons. The van der Waals surface area contributed by atoms with Gasteiger partial charge in [-0.25, -0.2) is 0 Å². The molecule has 0 aliphatic heterocycles. The largest absolute Gasteiger partial charge is 0.507 e. The molecule has 3 nitrogen and oxygen atoms in total. The fourth-order valence-electron chi connectivity index (χ4n) is 2.03. The summed E-state index contributed by atoms with van der Waals surface area (Å²) < 4.78 is 37.7. The standard InChI is InChI=1S/C14H11F3O3/c1-7(14(15,16)17)6-10-11(18)8-4-2-3-5-9(8)12(19)13(10)20/h2-5,7,18H,6H2,1H3. The number of hydrogen-bond donors (Lipinski definition) is 1. The van der Waals surface area contributed by atoms with E-state index in [0.717, 1.165) is 6.92 Å². The quantitative estimate of drug-likeness (QED) is 0.848. The third-order valence-corrected chi connectivity index (χ3v) is 3.26. The van der Waals surface area contributed by atoms with Gasteiger partial charge >= 0.3 is 6.18 Å². The number of hydrogen-bond acceptors (Lipinski definition) is 3. The van der Waals surface area contributed by atoms with Crippen LogP contribution in [-0.4, -0.2) is 22.8 Å². The Bertz CT molecular complexity index is 614. The van der Waals surface area contributed by atoms with Crippen LogP contribution in [-0.2, 0) is 4.79 Å². The molecule has 0 heterocycles. The van der Waals surface area contributed by atoms with E-state index in [1.807, 2.05) is 0 Å². The first kappa shape index (κ1) is 14.3. The maximum absolute atomic E-state index is 12.6. The highest BCUT2D eigenvalue weighted by atomic mass is 19.4. The van der Waals surface area contributed by atoms with Gasteiger partial charge in [0.2, 0.25) is 11.6 Å². The first-order valence-electron chi connectivity index (χ1n) is 5.90. The smallest absolute Gasteiger partial charge is 0.391 e. The van der Waals surface area contributed by atoms with E-state index >= 15 is 0 Å². The van der Waals surface area contributed by atoms with Crippen molar-refractivity contribution >= 4 is 17.3 Å². The number of carbonyl (C=O) groups is 2. The van der Waals surface area contributed by atoms with Gasteiger partial charge in [0.15, 0.2) is 0 Å². The lowest BCUT2D eigenvalue weighted by atomic mass is 9.84. The van der Waals surface area contributed by atoms with Gasteiger partial charge in [0.05, 0.1) is 5.92 Å². The lowest BCUT2D eigenvalue weighted by molar-refractivity contribution is -0.169. The van der Waals surface area contributed by atoms with Gasteiger partial charge in [-0.3, -0.25) is 9.59 Å². The van der Waals surface area contributed by atoms with Crippen molar-refractivity contribution in [1.29, 1.82) is 0 Å². The van der Waals surface area contributed by atoms with Crippen molar-refractivity contribution in [3.05, 3.63) is 41.0 Å². The van der Waals surface area contributed by atoms with Crippen LogP contribution in [0.15, 0.2) is 29.8 Å².